The van der Waals surface area contributed by atoms with E-state index in [0.29, 0.717) is 18.8 Å². The van der Waals surface area contributed by atoms with E-state index in [1.54, 1.807) is 0 Å². The lowest BCUT2D eigenvalue weighted by Gasteiger charge is -2.31. The number of morpholine rings is 1. The third-order valence-electron chi connectivity index (χ3n) is 6.34. The van der Waals surface area contributed by atoms with E-state index in [-0.39, 0.29) is 11.9 Å². The fraction of sp³-hybridized carbons (Fsp3) is 0.385. The molecular formula is C26H30N4O3. The van der Waals surface area contributed by atoms with Crippen LogP contribution in [-0.2, 0) is 4.74 Å². The van der Waals surface area contributed by atoms with Crippen LogP contribution in [-0.4, -0.2) is 71.9 Å². The number of nitrogens with zero attached hydrogens (tertiary/aromatic N) is 3. The van der Waals surface area contributed by atoms with Gasteiger partial charge in [-0.2, -0.15) is 5.10 Å². The van der Waals surface area contributed by atoms with Crippen LogP contribution in [0.1, 0.15) is 41.0 Å². The van der Waals surface area contributed by atoms with Gasteiger partial charge in [0.25, 0.3) is 5.91 Å². The molecule has 1 atom stereocenters. The molecule has 7 heteroatoms. The van der Waals surface area contributed by atoms with Crippen LogP contribution in [0.25, 0.3) is 11.3 Å². The molecule has 1 fully saturated rings. The lowest BCUT2D eigenvalue weighted by molar-refractivity contribution is 0.0316. The maximum Gasteiger partial charge on any atom is 0.273 e. The number of rotatable bonds is 8. The zero-order chi connectivity index (χ0) is 22.6. The number of aromatic amines is 1. The molecule has 1 aromatic heterocycles. The quantitative estimate of drug-likeness (QED) is 0.571. The Bertz CT molecular complexity index is 1070. The minimum atomic E-state index is -0.192. The van der Waals surface area contributed by atoms with Gasteiger partial charge >= 0.3 is 0 Å². The van der Waals surface area contributed by atoms with Crippen LogP contribution in [0, 0.1) is 0 Å². The third-order valence-corrected chi connectivity index (χ3v) is 6.34. The topological polar surface area (TPSA) is 70.7 Å². The molecule has 0 bridgehead atoms. The summed E-state index contributed by atoms with van der Waals surface area (Å²) in [5.74, 6) is 0.852. The molecule has 1 N–H and O–H groups in total. The number of fused-ring (bicyclic) bond motifs is 1. The largest absolute Gasteiger partial charge is 0.494 e. The van der Waals surface area contributed by atoms with Gasteiger partial charge in [-0.05, 0) is 24.1 Å². The van der Waals surface area contributed by atoms with Gasteiger partial charge in [0.1, 0.15) is 11.4 Å². The second-order valence-electron chi connectivity index (χ2n) is 8.50. The summed E-state index contributed by atoms with van der Waals surface area (Å²) in [4.78, 5) is 17.8. The van der Waals surface area contributed by atoms with Crippen LogP contribution >= 0.6 is 0 Å². The summed E-state index contributed by atoms with van der Waals surface area (Å²) in [6.07, 6.45) is 0.965. The molecule has 1 saturated heterocycles. The van der Waals surface area contributed by atoms with Crippen molar-refractivity contribution in [3.05, 3.63) is 71.4 Å². The van der Waals surface area contributed by atoms with Gasteiger partial charge in [0, 0.05) is 37.3 Å². The average molecular weight is 447 g/mol. The van der Waals surface area contributed by atoms with E-state index in [1.807, 2.05) is 47.4 Å². The van der Waals surface area contributed by atoms with Crippen molar-refractivity contribution in [3.8, 4) is 17.0 Å². The molecule has 5 rings (SSSR count). The number of nitrogens with one attached hydrogen (secondary N) is 1. The van der Waals surface area contributed by atoms with Gasteiger partial charge in [0.2, 0.25) is 0 Å². The highest BCUT2D eigenvalue weighted by Crippen LogP contribution is 2.42. The fourth-order valence-corrected chi connectivity index (χ4v) is 4.63. The molecule has 0 radical (unpaired) electrons. The van der Waals surface area contributed by atoms with Crippen LogP contribution in [0.5, 0.6) is 5.75 Å². The Morgan fingerprint density at radius 1 is 1.06 bits per heavy atom. The normalized spacial score (nSPS) is 18.5. The van der Waals surface area contributed by atoms with Gasteiger partial charge in [-0.25, -0.2) is 0 Å². The molecule has 0 aliphatic carbocycles. The zero-order valence-electron chi connectivity index (χ0n) is 19.0. The smallest absolute Gasteiger partial charge is 0.273 e. The molecule has 3 heterocycles. The van der Waals surface area contributed by atoms with Crippen molar-refractivity contribution in [2.24, 2.45) is 0 Å². The van der Waals surface area contributed by atoms with Crippen molar-refractivity contribution in [1.29, 1.82) is 0 Å². The van der Waals surface area contributed by atoms with Crippen molar-refractivity contribution >= 4 is 5.91 Å². The summed E-state index contributed by atoms with van der Waals surface area (Å²) in [6.45, 7) is 7.55. The number of amides is 1. The molecule has 2 aliphatic rings. The predicted octanol–water partition coefficient (Wildman–Crippen LogP) is 3.74. The van der Waals surface area contributed by atoms with Gasteiger partial charge in [-0.3, -0.25) is 14.8 Å². The van der Waals surface area contributed by atoms with Gasteiger partial charge in [-0.1, -0.05) is 49.4 Å². The van der Waals surface area contributed by atoms with Crippen molar-refractivity contribution in [2.45, 2.75) is 19.4 Å². The van der Waals surface area contributed by atoms with E-state index in [0.717, 1.165) is 67.4 Å². The van der Waals surface area contributed by atoms with Crippen molar-refractivity contribution in [3.63, 3.8) is 0 Å². The van der Waals surface area contributed by atoms with E-state index >= 15 is 0 Å². The Balaban J connectivity index is 1.48. The molecular weight excluding hydrogens is 416 g/mol. The van der Waals surface area contributed by atoms with E-state index in [4.69, 9.17) is 9.47 Å². The molecule has 3 aromatic rings. The molecule has 33 heavy (non-hydrogen) atoms. The zero-order valence-corrected chi connectivity index (χ0v) is 19.0. The first-order valence-corrected chi connectivity index (χ1v) is 11.7. The Hall–Kier alpha value is -3.16. The Labute approximate surface area is 194 Å². The monoisotopic (exact) mass is 446 g/mol. The first-order valence-electron chi connectivity index (χ1n) is 11.7. The Morgan fingerprint density at radius 3 is 2.55 bits per heavy atom. The average Bonchev–Trinajstić information content (AvgIpc) is 3.42. The molecule has 1 unspecified atom stereocenters. The number of benzene rings is 2. The van der Waals surface area contributed by atoms with Gasteiger partial charge in [0.05, 0.1) is 31.6 Å². The van der Waals surface area contributed by atoms with E-state index in [2.05, 4.69) is 34.2 Å². The van der Waals surface area contributed by atoms with Crippen LogP contribution in [0.15, 0.2) is 54.6 Å². The van der Waals surface area contributed by atoms with E-state index < -0.39 is 0 Å². The van der Waals surface area contributed by atoms with Crippen LogP contribution in [0.2, 0.25) is 0 Å². The van der Waals surface area contributed by atoms with Crippen LogP contribution in [0.4, 0.5) is 0 Å². The summed E-state index contributed by atoms with van der Waals surface area (Å²) in [5, 5.41) is 7.59. The number of aromatic nitrogens is 2. The highest BCUT2D eigenvalue weighted by molar-refractivity contribution is 6.00. The molecule has 0 spiro atoms. The van der Waals surface area contributed by atoms with Gasteiger partial charge in [0.15, 0.2) is 0 Å². The maximum absolute atomic E-state index is 13.5. The second kappa shape index (κ2) is 9.77. The molecule has 2 aromatic carbocycles. The molecule has 2 aliphatic heterocycles. The number of hydrogen-bond donors (Lipinski definition) is 1. The lowest BCUT2D eigenvalue weighted by atomic mass is 9.96. The molecule has 7 nitrogen and oxygen atoms in total. The SMILES string of the molecule is CCCOc1ccc(C2c3c(-c4ccccc4)n[nH]c3C(=O)N2CCN2CCOCC2)cc1. The highest BCUT2D eigenvalue weighted by Gasteiger charge is 2.42. The molecule has 172 valence electrons. The minimum Gasteiger partial charge on any atom is -0.494 e. The molecule has 1 amide bonds. The number of hydrogen-bond acceptors (Lipinski definition) is 5. The van der Waals surface area contributed by atoms with Gasteiger partial charge < -0.3 is 14.4 Å². The van der Waals surface area contributed by atoms with Crippen LogP contribution in [0.3, 0.4) is 0 Å². The Kier molecular flexibility index (Phi) is 6.41. The lowest BCUT2D eigenvalue weighted by Crippen LogP contribution is -2.42. The summed E-state index contributed by atoms with van der Waals surface area (Å²) in [7, 11) is 0. The summed E-state index contributed by atoms with van der Waals surface area (Å²) >= 11 is 0. The van der Waals surface area contributed by atoms with Crippen molar-refractivity contribution in [2.75, 3.05) is 46.0 Å². The third kappa shape index (κ3) is 4.38. The number of H-pyrrole nitrogens is 1. The standard InChI is InChI=1S/C26H30N4O3/c1-2-16-33-21-10-8-20(9-11-21)25-22-23(19-6-4-3-5-7-19)27-28-24(22)26(31)30(25)13-12-29-14-17-32-18-15-29/h3-11,25H,2,12-18H2,1H3,(H,27,28). The second-order valence-corrected chi connectivity index (χ2v) is 8.50. The Morgan fingerprint density at radius 2 is 1.82 bits per heavy atom. The summed E-state index contributed by atoms with van der Waals surface area (Å²) in [6, 6.07) is 18.0. The van der Waals surface area contributed by atoms with E-state index in [9.17, 15) is 4.79 Å². The summed E-state index contributed by atoms with van der Waals surface area (Å²) in [5.41, 5.74) is 4.45. The predicted molar refractivity (Wildman–Crippen MR) is 126 cm³/mol. The van der Waals surface area contributed by atoms with Crippen molar-refractivity contribution < 1.29 is 14.3 Å². The maximum atomic E-state index is 13.5. The number of carbonyl (C=O) groups is 1. The van der Waals surface area contributed by atoms with Crippen LogP contribution < -0.4 is 4.74 Å². The van der Waals surface area contributed by atoms with E-state index in [1.165, 1.54) is 0 Å². The van der Waals surface area contributed by atoms with Gasteiger partial charge in [-0.15, -0.1) is 0 Å². The number of ether oxygens (including phenoxy) is 2. The first kappa shape index (κ1) is 21.7. The first-order chi connectivity index (χ1) is 16.3. The molecule has 0 saturated carbocycles. The summed E-state index contributed by atoms with van der Waals surface area (Å²) < 4.78 is 11.3. The van der Waals surface area contributed by atoms with Crippen molar-refractivity contribution in [1.82, 2.24) is 20.0 Å². The minimum absolute atomic E-state index is 0.00394. The fourth-order valence-electron chi connectivity index (χ4n) is 4.63. The number of carbonyl (C=O) groups excluding carboxylic acids is 1. The highest BCUT2D eigenvalue weighted by atomic mass is 16.5.